The lowest BCUT2D eigenvalue weighted by molar-refractivity contribution is -0.139. The monoisotopic (exact) mass is 669 g/mol. The SMILES string of the molecule is CCOC1=C(COCCNC(=O)CC[C@H](NC(=O)OCc2ccccc2)C(=O)O)NC(C=C=O)=C(C(=O)OC)C1c1ccccc1Cl. The average Bonchev–Trinajstić information content (AvgIpc) is 3.06. The normalized spacial score (nSPS) is 14.7. The summed E-state index contributed by atoms with van der Waals surface area (Å²) in [5.41, 5.74) is 1.92. The molecule has 14 heteroatoms. The Kier molecular flexibility index (Phi) is 14.5. The number of ether oxygens (including phenoxy) is 4. The number of carbonyl (C=O) groups excluding carboxylic acids is 4. The Morgan fingerprint density at radius 1 is 1.09 bits per heavy atom. The van der Waals surface area contributed by atoms with Crippen LogP contribution in [0, 0.1) is 0 Å². The second-order valence-corrected chi connectivity index (χ2v) is 10.4. The molecule has 2 aromatic rings. The first-order chi connectivity index (χ1) is 22.7. The Morgan fingerprint density at radius 3 is 2.47 bits per heavy atom. The van der Waals surface area contributed by atoms with Gasteiger partial charge in [0.15, 0.2) is 0 Å². The Balaban J connectivity index is 1.58. The van der Waals surface area contributed by atoms with Crippen LogP contribution in [-0.4, -0.2) is 74.5 Å². The molecule has 0 saturated carbocycles. The molecular formula is C33H36ClN3O10. The lowest BCUT2D eigenvalue weighted by atomic mass is 9.84. The van der Waals surface area contributed by atoms with Crippen LogP contribution >= 0.6 is 11.6 Å². The second-order valence-electron chi connectivity index (χ2n) is 9.97. The number of halogens is 1. The quantitative estimate of drug-likeness (QED) is 0.110. The first-order valence-electron chi connectivity index (χ1n) is 14.6. The summed E-state index contributed by atoms with van der Waals surface area (Å²) in [6, 6.07) is 14.4. The number of carboxylic acid groups (broad SMARTS) is 1. The largest absolute Gasteiger partial charge is 0.495 e. The van der Waals surface area contributed by atoms with Crippen molar-refractivity contribution in [1.29, 1.82) is 0 Å². The second kappa shape index (κ2) is 18.8. The number of alkyl carbamates (subject to hydrolysis) is 1. The molecule has 2 amide bonds. The van der Waals surface area contributed by atoms with E-state index in [0.717, 1.165) is 11.6 Å². The summed E-state index contributed by atoms with van der Waals surface area (Å²) < 4.78 is 21.8. The topological polar surface area (TPSA) is 179 Å². The van der Waals surface area contributed by atoms with Crippen molar-refractivity contribution >= 4 is 41.5 Å². The van der Waals surface area contributed by atoms with Gasteiger partial charge >= 0.3 is 18.0 Å². The molecule has 3 rings (SSSR count). The van der Waals surface area contributed by atoms with E-state index in [1.165, 1.54) is 7.11 Å². The zero-order valence-corrected chi connectivity index (χ0v) is 26.6. The summed E-state index contributed by atoms with van der Waals surface area (Å²) in [5, 5.41) is 17.7. The molecule has 1 unspecified atom stereocenters. The van der Waals surface area contributed by atoms with Crippen molar-refractivity contribution in [2.24, 2.45) is 0 Å². The van der Waals surface area contributed by atoms with E-state index in [-0.39, 0.29) is 57.1 Å². The van der Waals surface area contributed by atoms with Crippen molar-refractivity contribution in [1.82, 2.24) is 16.0 Å². The highest BCUT2D eigenvalue weighted by Gasteiger charge is 2.38. The number of benzene rings is 2. The number of amides is 2. The first-order valence-corrected chi connectivity index (χ1v) is 15.0. The Morgan fingerprint density at radius 2 is 1.81 bits per heavy atom. The number of nitrogens with one attached hydrogen (secondary N) is 3. The van der Waals surface area contributed by atoms with Crippen LogP contribution in [0.5, 0.6) is 0 Å². The number of carbonyl (C=O) groups is 4. The van der Waals surface area contributed by atoms with Crippen LogP contribution in [-0.2, 0) is 44.7 Å². The zero-order valence-electron chi connectivity index (χ0n) is 25.9. The fourth-order valence-corrected chi connectivity index (χ4v) is 4.91. The van der Waals surface area contributed by atoms with Gasteiger partial charge in [0.25, 0.3) is 0 Å². The summed E-state index contributed by atoms with van der Waals surface area (Å²) in [7, 11) is 1.22. The van der Waals surface area contributed by atoms with E-state index in [1.54, 1.807) is 61.4 Å². The minimum atomic E-state index is -1.33. The van der Waals surface area contributed by atoms with Gasteiger partial charge in [-0.2, -0.15) is 0 Å². The van der Waals surface area contributed by atoms with Gasteiger partial charge in [-0.05, 0) is 30.5 Å². The number of hydrogen-bond acceptors (Lipinski definition) is 10. The number of carboxylic acids is 1. The molecule has 4 N–H and O–H groups in total. The molecule has 0 spiro atoms. The van der Waals surface area contributed by atoms with Crippen molar-refractivity contribution in [3.8, 4) is 0 Å². The summed E-state index contributed by atoms with van der Waals surface area (Å²) >= 11 is 6.52. The third-order valence-electron chi connectivity index (χ3n) is 6.83. The Labute approximate surface area is 276 Å². The Bertz CT molecular complexity index is 1540. The van der Waals surface area contributed by atoms with Gasteiger partial charge in [0, 0.05) is 24.1 Å². The third kappa shape index (κ3) is 10.7. The lowest BCUT2D eigenvalue weighted by Crippen LogP contribution is -2.42. The van der Waals surface area contributed by atoms with Crippen LogP contribution in [0.4, 0.5) is 4.79 Å². The molecule has 0 fully saturated rings. The fourth-order valence-electron chi connectivity index (χ4n) is 4.67. The van der Waals surface area contributed by atoms with Gasteiger partial charge in [-0.3, -0.25) is 4.79 Å². The maximum Gasteiger partial charge on any atom is 0.408 e. The summed E-state index contributed by atoms with van der Waals surface area (Å²) in [6.45, 7) is 2.04. The van der Waals surface area contributed by atoms with E-state index < -0.39 is 35.9 Å². The van der Waals surface area contributed by atoms with Gasteiger partial charge < -0.3 is 40.0 Å². The molecule has 1 aliphatic heterocycles. The van der Waals surface area contributed by atoms with Crippen LogP contribution < -0.4 is 16.0 Å². The van der Waals surface area contributed by atoms with E-state index in [1.807, 2.05) is 6.07 Å². The van der Waals surface area contributed by atoms with E-state index in [2.05, 4.69) is 16.0 Å². The van der Waals surface area contributed by atoms with Gasteiger partial charge in [0.2, 0.25) is 5.91 Å². The van der Waals surface area contributed by atoms with Crippen LogP contribution in [0.15, 0.2) is 83.4 Å². The molecule has 1 aliphatic rings. The maximum atomic E-state index is 12.9. The van der Waals surface area contributed by atoms with Crippen LogP contribution in [0.3, 0.4) is 0 Å². The van der Waals surface area contributed by atoms with Gasteiger partial charge in [-0.25, -0.2) is 19.2 Å². The standard InChI is InChI=1S/C33H36ClN3O10/c1-3-46-30-26(36-24(15-17-38)29(32(42)44-2)28(30)22-11-7-8-12-23(22)34)20-45-18-16-35-27(39)14-13-25(31(40)41)37-33(43)47-19-21-9-5-4-6-10-21/h4-12,15,25,28,36H,3,13-14,16,18-20H2,1-2H3,(H,35,39)(H,37,43)(H,40,41)/t25-,28?/m0/s1. The Hall–Kier alpha value is -5.10. The van der Waals surface area contributed by atoms with Crippen LogP contribution in [0.2, 0.25) is 5.02 Å². The molecule has 47 heavy (non-hydrogen) atoms. The minimum absolute atomic E-state index is 0.0313. The van der Waals surface area contributed by atoms with Gasteiger partial charge in [-0.15, -0.1) is 0 Å². The number of esters is 1. The van der Waals surface area contributed by atoms with E-state index in [9.17, 15) is 29.1 Å². The molecule has 250 valence electrons. The van der Waals surface area contributed by atoms with Crippen molar-refractivity contribution in [3.05, 3.63) is 99.5 Å². The van der Waals surface area contributed by atoms with Gasteiger partial charge in [0.05, 0.1) is 49.8 Å². The molecule has 13 nitrogen and oxygen atoms in total. The molecule has 0 aliphatic carbocycles. The summed E-state index contributed by atoms with van der Waals surface area (Å²) in [6.07, 6.45) is -0.188. The highest BCUT2D eigenvalue weighted by molar-refractivity contribution is 6.31. The number of hydrogen-bond donors (Lipinski definition) is 4. The predicted molar refractivity (Wildman–Crippen MR) is 170 cm³/mol. The maximum absolute atomic E-state index is 12.9. The van der Waals surface area contributed by atoms with Crippen molar-refractivity contribution < 1.29 is 48.0 Å². The summed E-state index contributed by atoms with van der Waals surface area (Å²) in [5.74, 6) is -1.27. The van der Waals surface area contributed by atoms with Crippen molar-refractivity contribution in [2.75, 3.05) is 33.5 Å². The molecular weight excluding hydrogens is 634 g/mol. The molecule has 0 saturated heterocycles. The summed E-state index contributed by atoms with van der Waals surface area (Å²) in [4.78, 5) is 60.4. The molecule has 2 atom stereocenters. The smallest absolute Gasteiger partial charge is 0.408 e. The highest BCUT2D eigenvalue weighted by atomic mass is 35.5. The number of rotatable bonds is 17. The van der Waals surface area contributed by atoms with Crippen LogP contribution in [0.1, 0.15) is 36.8 Å². The molecule has 0 bridgehead atoms. The van der Waals surface area contributed by atoms with Gasteiger partial charge in [-0.1, -0.05) is 60.1 Å². The van der Waals surface area contributed by atoms with Crippen LogP contribution in [0.25, 0.3) is 0 Å². The molecule has 2 aromatic carbocycles. The highest BCUT2D eigenvalue weighted by Crippen LogP contribution is 2.42. The van der Waals surface area contributed by atoms with Crippen molar-refractivity contribution in [3.63, 3.8) is 0 Å². The number of allylic oxidation sites excluding steroid dienone is 2. The number of methoxy groups -OCH3 is 1. The minimum Gasteiger partial charge on any atom is -0.495 e. The van der Waals surface area contributed by atoms with E-state index >= 15 is 0 Å². The first kappa shape index (κ1) is 36.4. The lowest BCUT2D eigenvalue weighted by Gasteiger charge is -2.32. The molecule has 0 aromatic heterocycles. The van der Waals surface area contributed by atoms with E-state index in [4.69, 9.17) is 30.5 Å². The van der Waals surface area contributed by atoms with Gasteiger partial charge in [0.1, 0.15) is 24.3 Å². The number of dihydropyridines is 1. The third-order valence-corrected chi connectivity index (χ3v) is 7.17. The average molecular weight is 670 g/mol. The number of aliphatic carboxylic acids is 1. The molecule has 0 radical (unpaired) electrons. The molecule has 1 heterocycles. The predicted octanol–water partition coefficient (Wildman–Crippen LogP) is 3.38. The fraction of sp³-hybridized carbons (Fsp3) is 0.333. The van der Waals surface area contributed by atoms with E-state index in [0.29, 0.717) is 22.0 Å². The van der Waals surface area contributed by atoms with Crippen molar-refractivity contribution in [2.45, 2.75) is 38.3 Å². The zero-order chi connectivity index (χ0) is 34.2.